The molecule has 2 rings (SSSR count). The Hall–Kier alpha value is -2.03. The van der Waals surface area contributed by atoms with Gasteiger partial charge >= 0.3 is 0 Å². The molecule has 1 aromatic heterocycles. The number of aryl methyl sites for hydroxylation is 1. The first-order chi connectivity index (χ1) is 8.29. The Labute approximate surface area is 101 Å². The second-order valence-corrected chi connectivity index (χ2v) is 3.80. The van der Waals surface area contributed by atoms with Gasteiger partial charge in [-0.2, -0.15) is 0 Å². The molecule has 0 saturated carbocycles. The summed E-state index contributed by atoms with van der Waals surface area (Å²) in [4.78, 5) is 4.01. The van der Waals surface area contributed by atoms with Crippen LogP contribution in [0.5, 0.6) is 11.5 Å². The zero-order valence-corrected chi connectivity index (χ0v) is 10.1. The molecule has 0 unspecified atom stereocenters. The van der Waals surface area contributed by atoms with Crippen molar-refractivity contribution in [2.75, 3.05) is 11.9 Å². The molecule has 0 aliphatic rings. The molecule has 0 bridgehead atoms. The van der Waals surface area contributed by atoms with Gasteiger partial charge < -0.3 is 10.1 Å². The van der Waals surface area contributed by atoms with Crippen LogP contribution in [0.4, 0.5) is 5.69 Å². The second kappa shape index (κ2) is 5.34. The number of pyridine rings is 1. The molecule has 0 saturated heterocycles. The number of nitrogens with zero attached hydrogens (tertiary/aromatic N) is 1. The monoisotopic (exact) mass is 228 g/mol. The van der Waals surface area contributed by atoms with Crippen molar-refractivity contribution in [3.8, 4) is 11.5 Å². The minimum atomic E-state index is 0.753. The quantitative estimate of drug-likeness (QED) is 0.868. The van der Waals surface area contributed by atoms with Gasteiger partial charge in [0.25, 0.3) is 0 Å². The summed E-state index contributed by atoms with van der Waals surface area (Å²) in [6.45, 7) is 5.07. The van der Waals surface area contributed by atoms with Gasteiger partial charge in [0.15, 0.2) is 0 Å². The van der Waals surface area contributed by atoms with E-state index in [0.717, 1.165) is 23.7 Å². The Bertz CT molecular complexity index is 483. The van der Waals surface area contributed by atoms with E-state index in [4.69, 9.17) is 4.74 Å². The molecule has 3 heteroatoms. The Morgan fingerprint density at radius 3 is 2.76 bits per heavy atom. The fourth-order valence-corrected chi connectivity index (χ4v) is 1.63. The van der Waals surface area contributed by atoms with Crippen molar-refractivity contribution in [2.24, 2.45) is 0 Å². The molecule has 0 atom stereocenters. The lowest BCUT2D eigenvalue weighted by Crippen LogP contribution is -1.98. The summed E-state index contributed by atoms with van der Waals surface area (Å²) in [5, 5.41) is 3.30. The van der Waals surface area contributed by atoms with Gasteiger partial charge in [0.05, 0.1) is 6.20 Å². The minimum absolute atomic E-state index is 0.753. The van der Waals surface area contributed by atoms with Crippen LogP contribution in [0.15, 0.2) is 42.7 Å². The van der Waals surface area contributed by atoms with Crippen LogP contribution in [0, 0.1) is 6.92 Å². The lowest BCUT2D eigenvalue weighted by Gasteiger charge is -2.10. The number of hydrogen-bond donors (Lipinski definition) is 1. The van der Waals surface area contributed by atoms with E-state index < -0.39 is 0 Å². The highest BCUT2D eigenvalue weighted by Gasteiger charge is 2.01. The van der Waals surface area contributed by atoms with E-state index >= 15 is 0 Å². The van der Waals surface area contributed by atoms with Crippen LogP contribution in [0.1, 0.15) is 12.5 Å². The molecular formula is C14H16N2O. The van der Waals surface area contributed by atoms with E-state index in [0.29, 0.717) is 0 Å². The number of aromatic nitrogens is 1. The normalized spacial score (nSPS) is 10.0. The third-order valence-electron chi connectivity index (χ3n) is 2.44. The number of nitrogens with one attached hydrogen (secondary N) is 1. The lowest BCUT2D eigenvalue weighted by molar-refractivity contribution is 0.480. The number of anilines is 1. The fourth-order valence-electron chi connectivity index (χ4n) is 1.63. The highest BCUT2D eigenvalue weighted by atomic mass is 16.5. The smallest absolute Gasteiger partial charge is 0.145 e. The molecule has 0 amide bonds. The van der Waals surface area contributed by atoms with Gasteiger partial charge in [0.1, 0.15) is 11.5 Å². The van der Waals surface area contributed by atoms with E-state index in [1.807, 2.05) is 30.3 Å². The van der Waals surface area contributed by atoms with Crippen molar-refractivity contribution < 1.29 is 4.74 Å². The van der Waals surface area contributed by atoms with Gasteiger partial charge in [-0.3, -0.25) is 4.98 Å². The van der Waals surface area contributed by atoms with Crippen molar-refractivity contribution in [3.63, 3.8) is 0 Å². The van der Waals surface area contributed by atoms with E-state index in [9.17, 15) is 0 Å². The van der Waals surface area contributed by atoms with E-state index in [2.05, 4.69) is 24.1 Å². The Morgan fingerprint density at radius 2 is 2.12 bits per heavy atom. The van der Waals surface area contributed by atoms with E-state index in [1.54, 1.807) is 12.4 Å². The summed E-state index contributed by atoms with van der Waals surface area (Å²) < 4.78 is 5.70. The first kappa shape index (κ1) is 11.5. The maximum absolute atomic E-state index is 5.70. The van der Waals surface area contributed by atoms with Gasteiger partial charge in [0, 0.05) is 18.4 Å². The van der Waals surface area contributed by atoms with Crippen molar-refractivity contribution in [1.82, 2.24) is 4.98 Å². The van der Waals surface area contributed by atoms with Crippen LogP contribution in [-0.2, 0) is 0 Å². The molecule has 1 N–H and O–H groups in total. The highest BCUT2D eigenvalue weighted by Crippen LogP contribution is 2.25. The van der Waals surface area contributed by atoms with Gasteiger partial charge in [-0.25, -0.2) is 0 Å². The SMILES string of the molecule is CCNc1ccc(Oc2cccnc2)cc1C. The average molecular weight is 228 g/mol. The number of hydrogen-bond acceptors (Lipinski definition) is 3. The molecule has 88 valence electrons. The summed E-state index contributed by atoms with van der Waals surface area (Å²) in [5.74, 6) is 1.58. The number of rotatable bonds is 4. The van der Waals surface area contributed by atoms with E-state index in [-0.39, 0.29) is 0 Å². The summed E-state index contributed by atoms with van der Waals surface area (Å²) >= 11 is 0. The van der Waals surface area contributed by atoms with Crippen molar-refractivity contribution in [1.29, 1.82) is 0 Å². The molecule has 17 heavy (non-hydrogen) atoms. The Balaban J connectivity index is 2.15. The predicted octanol–water partition coefficient (Wildman–Crippen LogP) is 3.61. The van der Waals surface area contributed by atoms with Gasteiger partial charge in [-0.05, 0) is 49.7 Å². The van der Waals surface area contributed by atoms with Crippen LogP contribution in [0.3, 0.4) is 0 Å². The average Bonchev–Trinajstić information content (AvgIpc) is 2.34. The molecule has 0 radical (unpaired) electrons. The first-order valence-electron chi connectivity index (χ1n) is 5.72. The third-order valence-corrected chi connectivity index (χ3v) is 2.44. The highest BCUT2D eigenvalue weighted by molar-refractivity contribution is 5.53. The lowest BCUT2D eigenvalue weighted by atomic mass is 10.2. The zero-order valence-electron chi connectivity index (χ0n) is 10.1. The standard InChI is InChI=1S/C14H16N2O/c1-3-16-14-7-6-12(9-11(14)2)17-13-5-4-8-15-10-13/h4-10,16H,3H2,1-2H3. The third kappa shape index (κ3) is 2.97. The van der Waals surface area contributed by atoms with Crippen molar-refractivity contribution >= 4 is 5.69 Å². The van der Waals surface area contributed by atoms with Crippen LogP contribution in [0.2, 0.25) is 0 Å². The summed E-state index contributed by atoms with van der Waals surface area (Å²) in [6, 6.07) is 9.75. The Kier molecular flexibility index (Phi) is 3.60. The number of ether oxygens (including phenoxy) is 1. The summed E-state index contributed by atoms with van der Waals surface area (Å²) in [5.41, 5.74) is 2.32. The topological polar surface area (TPSA) is 34.1 Å². The molecule has 0 aliphatic carbocycles. The van der Waals surface area contributed by atoms with Gasteiger partial charge in [-0.1, -0.05) is 0 Å². The maximum Gasteiger partial charge on any atom is 0.145 e. The summed E-state index contributed by atoms with van der Waals surface area (Å²) in [7, 11) is 0. The molecule has 0 aliphatic heterocycles. The van der Waals surface area contributed by atoms with Gasteiger partial charge in [0.2, 0.25) is 0 Å². The van der Waals surface area contributed by atoms with Crippen LogP contribution < -0.4 is 10.1 Å². The fraction of sp³-hybridized carbons (Fsp3) is 0.214. The maximum atomic E-state index is 5.70. The number of benzene rings is 1. The molecule has 1 aromatic carbocycles. The summed E-state index contributed by atoms with van der Waals surface area (Å²) in [6.07, 6.45) is 3.43. The van der Waals surface area contributed by atoms with Crippen LogP contribution >= 0.6 is 0 Å². The second-order valence-electron chi connectivity index (χ2n) is 3.80. The van der Waals surface area contributed by atoms with Crippen LogP contribution in [0.25, 0.3) is 0 Å². The Morgan fingerprint density at radius 1 is 1.24 bits per heavy atom. The van der Waals surface area contributed by atoms with E-state index in [1.165, 1.54) is 5.56 Å². The van der Waals surface area contributed by atoms with Crippen LogP contribution in [-0.4, -0.2) is 11.5 Å². The molecule has 2 aromatic rings. The first-order valence-corrected chi connectivity index (χ1v) is 5.72. The molecule has 0 fully saturated rings. The predicted molar refractivity (Wildman–Crippen MR) is 69.7 cm³/mol. The molecular weight excluding hydrogens is 212 g/mol. The van der Waals surface area contributed by atoms with Crippen molar-refractivity contribution in [2.45, 2.75) is 13.8 Å². The molecule has 1 heterocycles. The largest absolute Gasteiger partial charge is 0.456 e. The van der Waals surface area contributed by atoms with Crippen molar-refractivity contribution in [3.05, 3.63) is 48.3 Å². The zero-order chi connectivity index (χ0) is 12.1. The molecule has 3 nitrogen and oxygen atoms in total. The van der Waals surface area contributed by atoms with Gasteiger partial charge in [-0.15, -0.1) is 0 Å². The molecule has 0 spiro atoms. The minimum Gasteiger partial charge on any atom is -0.456 e.